The third-order valence-electron chi connectivity index (χ3n) is 4.74. The van der Waals surface area contributed by atoms with Crippen LogP contribution in [0.3, 0.4) is 0 Å². The fourth-order valence-corrected chi connectivity index (χ4v) is 3.51. The van der Waals surface area contributed by atoms with Gasteiger partial charge in [-0.3, -0.25) is 14.4 Å². The van der Waals surface area contributed by atoms with Crippen molar-refractivity contribution in [3.63, 3.8) is 0 Å². The summed E-state index contributed by atoms with van der Waals surface area (Å²) in [7, 11) is 0. The van der Waals surface area contributed by atoms with Crippen molar-refractivity contribution >= 4 is 58.6 Å². The summed E-state index contributed by atoms with van der Waals surface area (Å²) < 4.78 is 5.27. The van der Waals surface area contributed by atoms with Crippen LogP contribution < -0.4 is 15.0 Å². The number of nitrogens with zero attached hydrogens (tertiary/aromatic N) is 1. The Bertz CT molecular complexity index is 1300. The van der Waals surface area contributed by atoms with Crippen molar-refractivity contribution in [3.8, 4) is 5.75 Å². The fourth-order valence-electron chi connectivity index (χ4n) is 3.08. The predicted molar refractivity (Wildman–Crippen MR) is 124 cm³/mol. The van der Waals surface area contributed by atoms with Gasteiger partial charge in [-0.05, 0) is 60.7 Å². The number of hydrogen-bond donors (Lipinski definition) is 1. The van der Waals surface area contributed by atoms with Gasteiger partial charge < -0.3 is 10.1 Å². The lowest BCUT2D eigenvalue weighted by molar-refractivity contribution is -0.120. The van der Waals surface area contributed by atoms with Crippen LogP contribution in [-0.4, -0.2) is 24.1 Å². The van der Waals surface area contributed by atoms with Crippen LogP contribution in [0.15, 0.2) is 83.5 Å². The average molecular weight is 481 g/mol. The Morgan fingerprint density at radius 2 is 1.55 bits per heavy atom. The Hall–Kier alpha value is -3.94. The number of rotatable bonds is 6. The molecule has 9 heteroatoms. The minimum Gasteiger partial charge on any atom is -0.423 e. The van der Waals surface area contributed by atoms with Gasteiger partial charge in [-0.2, -0.15) is 0 Å². The van der Waals surface area contributed by atoms with Crippen LogP contribution in [-0.2, 0) is 9.59 Å². The number of esters is 1. The molecule has 0 spiro atoms. The molecular weight excluding hydrogens is 467 g/mol. The van der Waals surface area contributed by atoms with E-state index in [0.29, 0.717) is 23.3 Å². The Labute approximate surface area is 198 Å². The molecule has 0 fully saturated rings. The maximum Gasteiger partial charge on any atom is 0.343 e. The van der Waals surface area contributed by atoms with Gasteiger partial charge in [0.15, 0.2) is 0 Å². The minimum absolute atomic E-state index is 0.104. The maximum absolute atomic E-state index is 12.9. The number of carbonyl (C=O) groups excluding carboxylic acids is 4. The molecule has 1 aliphatic rings. The number of halogens is 2. The number of anilines is 2. The van der Waals surface area contributed by atoms with Gasteiger partial charge in [-0.25, -0.2) is 9.69 Å². The number of nitrogens with one attached hydrogen (secondary N) is 1. The molecule has 33 heavy (non-hydrogen) atoms. The highest BCUT2D eigenvalue weighted by atomic mass is 35.5. The molecule has 0 radical (unpaired) electrons. The third kappa shape index (κ3) is 4.50. The molecule has 0 saturated carbocycles. The number of amides is 2. The Morgan fingerprint density at radius 1 is 0.879 bits per heavy atom. The topological polar surface area (TPSA) is 92.8 Å². The first kappa shape index (κ1) is 22.3. The fraction of sp³-hybridized carbons (Fsp3) is 0. The predicted octanol–water partition coefficient (Wildman–Crippen LogP) is 4.81. The van der Waals surface area contributed by atoms with Crippen LogP contribution in [0.4, 0.5) is 11.4 Å². The normalized spacial score (nSPS) is 13.3. The molecule has 0 saturated heterocycles. The first-order chi connectivity index (χ1) is 15.9. The number of para-hydroxylation sites is 1. The van der Waals surface area contributed by atoms with Crippen LogP contribution in [0.25, 0.3) is 0 Å². The van der Waals surface area contributed by atoms with E-state index < -0.39 is 17.8 Å². The van der Waals surface area contributed by atoms with Gasteiger partial charge in [0.1, 0.15) is 22.8 Å². The van der Waals surface area contributed by atoms with Crippen molar-refractivity contribution in [3.05, 3.63) is 99.7 Å². The highest BCUT2D eigenvalue weighted by Crippen LogP contribution is 2.34. The number of ether oxygens (including phenoxy) is 1. The molecule has 0 atom stereocenters. The van der Waals surface area contributed by atoms with E-state index in [0.717, 1.165) is 4.90 Å². The molecule has 2 amide bonds. The smallest absolute Gasteiger partial charge is 0.343 e. The van der Waals surface area contributed by atoms with Gasteiger partial charge in [0.25, 0.3) is 11.8 Å². The monoisotopic (exact) mass is 480 g/mol. The highest BCUT2D eigenvalue weighted by Gasteiger charge is 2.39. The summed E-state index contributed by atoms with van der Waals surface area (Å²) in [5.74, 6) is -1.66. The summed E-state index contributed by atoms with van der Waals surface area (Å²) in [6, 6.07) is 18.6. The number of hydrogen-bond acceptors (Lipinski definition) is 6. The number of imide groups is 1. The molecule has 1 aliphatic heterocycles. The molecule has 0 aliphatic carbocycles. The molecule has 1 heterocycles. The molecule has 1 N–H and O–H groups in total. The zero-order valence-electron chi connectivity index (χ0n) is 16.7. The summed E-state index contributed by atoms with van der Waals surface area (Å²) in [6.07, 6.45) is 0.690. The van der Waals surface area contributed by atoms with E-state index >= 15 is 0 Å². The lowest BCUT2D eigenvalue weighted by Gasteiger charge is -2.16. The van der Waals surface area contributed by atoms with Crippen LogP contribution in [0.5, 0.6) is 5.75 Å². The lowest BCUT2D eigenvalue weighted by Crippen LogP contribution is -2.32. The average Bonchev–Trinajstić information content (AvgIpc) is 3.03. The molecule has 3 aromatic carbocycles. The summed E-state index contributed by atoms with van der Waals surface area (Å²) in [5.41, 5.74) is 1.27. The molecule has 3 aromatic rings. The second-order valence-corrected chi connectivity index (χ2v) is 7.65. The van der Waals surface area contributed by atoms with Gasteiger partial charge >= 0.3 is 5.97 Å². The molecule has 4 rings (SSSR count). The van der Waals surface area contributed by atoms with Crippen molar-refractivity contribution in [1.82, 2.24) is 0 Å². The molecular formula is C24H14Cl2N2O5. The molecule has 7 nitrogen and oxygen atoms in total. The second kappa shape index (κ2) is 9.28. The zero-order chi connectivity index (χ0) is 23.5. The molecule has 164 valence electrons. The minimum atomic E-state index is -0.696. The molecule has 0 bridgehead atoms. The first-order valence-corrected chi connectivity index (χ1v) is 10.3. The van der Waals surface area contributed by atoms with Crippen LogP contribution in [0, 0.1) is 0 Å². The van der Waals surface area contributed by atoms with E-state index in [2.05, 4.69) is 5.32 Å². The van der Waals surface area contributed by atoms with E-state index in [9.17, 15) is 19.2 Å². The summed E-state index contributed by atoms with van der Waals surface area (Å²) in [4.78, 5) is 49.4. The number of carbonyl (C=O) groups is 4. The Balaban J connectivity index is 1.47. The first-order valence-electron chi connectivity index (χ1n) is 9.56. The third-order valence-corrected chi connectivity index (χ3v) is 5.41. The van der Waals surface area contributed by atoms with Crippen molar-refractivity contribution in [1.29, 1.82) is 0 Å². The van der Waals surface area contributed by atoms with Gasteiger partial charge in [0, 0.05) is 11.3 Å². The van der Waals surface area contributed by atoms with Crippen LogP contribution >= 0.6 is 23.2 Å². The highest BCUT2D eigenvalue weighted by molar-refractivity contribution is 6.53. The summed E-state index contributed by atoms with van der Waals surface area (Å²) in [5, 5.41) is 2.78. The Kier molecular flexibility index (Phi) is 6.26. The van der Waals surface area contributed by atoms with E-state index in [1.165, 1.54) is 42.5 Å². The van der Waals surface area contributed by atoms with Crippen molar-refractivity contribution < 1.29 is 23.9 Å². The van der Waals surface area contributed by atoms with Gasteiger partial charge in [-0.1, -0.05) is 35.3 Å². The van der Waals surface area contributed by atoms with Crippen molar-refractivity contribution in [2.24, 2.45) is 0 Å². The lowest BCUT2D eigenvalue weighted by atomic mass is 10.2. The van der Waals surface area contributed by atoms with Crippen molar-refractivity contribution in [2.45, 2.75) is 0 Å². The van der Waals surface area contributed by atoms with E-state index in [1.807, 2.05) is 0 Å². The van der Waals surface area contributed by atoms with E-state index in [1.54, 1.807) is 30.3 Å². The van der Waals surface area contributed by atoms with Crippen molar-refractivity contribution in [2.75, 3.05) is 10.2 Å². The maximum atomic E-state index is 12.9. The zero-order valence-corrected chi connectivity index (χ0v) is 18.3. The van der Waals surface area contributed by atoms with Gasteiger partial charge in [0.05, 0.1) is 16.3 Å². The second-order valence-electron chi connectivity index (χ2n) is 6.86. The van der Waals surface area contributed by atoms with Gasteiger partial charge in [0.2, 0.25) is 0 Å². The van der Waals surface area contributed by atoms with E-state index in [4.69, 9.17) is 27.9 Å². The largest absolute Gasteiger partial charge is 0.423 e. The van der Waals surface area contributed by atoms with Crippen LogP contribution in [0.2, 0.25) is 5.02 Å². The number of benzene rings is 3. The molecule has 0 unspecified atom stereocenters. The summed E-state index contributed by atoms with van der Waals surface area (Å²) >= 11 is 12.3. The SMILES string of the molecule is O=Cc1ccc(OC(=O)c2ccc(NC3=C(Cl)C(=O)N(c4ccccc4Cl)C3=O)cc2)cc1. The molecule has 0 aromatic heterocycles. The van der Waals surface area contributed by atoms with Gasteiger partial charge in [-0.15, -0.1) is 0 Å². The standard InChI is InChI=1S/C24H14Cl2N2O5/c25-18-3-1-2-4-19(18)28-22(30)20(26)21(23(28)31)27-16-9-7-15(8-10-16)24(32)33-17-11-5-14(13-29)6-12-17/h1-13,27H. The van der Waals surface area contributed by atoms with E-state index in [-0.39, 0.29) is 27.0 Å². The van der Waals surface area contributed by atoms with Crippen LogP contribution in [0.1, 0.15) is 20.7 Å². The Morgan fingerprint density at radius 3 is 2.18 bits per heavy atom. The quantitative estimate of drug-likeness (QED) is 0.235. The number of aldehydes is 1. The summed E-state index contributed by atoms with van der Waals surface area (Å²) in [6.45, 7) is 0.